The highest BCUT2D eigenvalue weighted by Crippen LogP contribution is 2.29. The van der Waals surface area contributed by atoms with Gasteiger partial charge in [-0.1, -0.05) is 43.9 Å². The van der Waals surface area contributed by atoms with Gasteiger partial charge in [-0.2, -0.15) is 0 Å². The predicted molar refractivity (Wildman–Crippen MR) is 79.0 cm³/mol. The summed E-state index contributed by atoms with van der Waals surface area (Å²) in [7, 11) is 0. The molecule has 1 aromatic carbocycles. The summed E-state index contributed by atoms with van der Waals surface area (Å²) in [6, 6.07) is 5.81. The van der Waals surface area contributed by atoms with Gasteiger partial charge in [0.05, 0.1) is 5.02 Å². The Labute approximate surface area is 120 Å². The maximum absolute atomic E-state index is 13.2. The lowest BCUT2D eigenvalue weighted by atomic mass is 9.82. The zero-order chi connectivity index (χ0) is 13.8. The van der Waals surface area contributed by atoms with E-state index in [1.165, 1.54) is 38.2 Å². The van der Waals surface area contributed by atoms with E-state index in [9.17, 15) is 4.39 Å². The quantitative estimate of drug-likeness (QED) is 0.811. The second kappa shape index (κ2) is 6.71. The van der Waals surface area contributed by atoms with Gasteiger partial charge in [-0.25, -0.2) is 4.39 Å². The minimum atomic E-state index is -0.346. The smallest absolute Gasteiger partial charge is 0.141 e. The molecule has 1 aliphatic rings. The number of nitrogens with one attached hydrogen (secondary N) is 1. The van der Waals surface area contributed by atoms with Gasteiger partial charge in [0.15, 0.2) is 0 Å². The van der Waals surface area contributed by atoms with Crippen LogP contribution in [-0.2, 0) is 0 Å². The number of halogens is 2. The molecule has 0 aliphatic heterocycles. The van der Waals surface area contributed by atoms with Crippen LogP contribution >= 0.6 is 11.6 Å². The molecule has 1 fully saturated rings. The first-order valence-electron chi connectivity index (χ1n) is 7.32. The van der Waals surface area contributed by atoms with Crippen molar-refractivity contribution in [2.75, 3.05) is 0 Å². The fourth-order valence-electron chi connectivity index (χ4n) is 3.11. The standard InChI is InChI=1S/C16H23ClFN/c1-3-12-6-4-5-7-16(12)19-11(2)13-8-9-15(18)14(17)10-13/h8-12,16,19H,3-7H2,1-2H3. The summed E-state index contributed by atoms with van der Waals surface area (Å²) in [5, 5.41) is 3.91. The van der Waals surface area contributed by atoms with Crippen LogP contribution in [0.4, 0.5) is 4.39 Å². The van der Waals surface area contributed by atoms with Crippen LogP contribution in [0, 0.1) is 11.7 Å². The van der Waals surface area contributed by atoms with E-state index in [2.05, 4.69) is 19.2 Å². The van der Waals surface area contributed by atoms with Gasteiger partial charge in [-0.3, -0.25) is 0 Å². The van der Waals surface area contributed by atoms with Gasteiger partial charge in [-0.05, 0) is 43.4 Å². The van der Waals surface area contributed by atoms with Crippen LogP contribution in [0.1, 0.15) is 57.6 Å². The summed E-state index contributed by atoms with van der Waals surface area (Å²) in [6.45, 7) is 4.40. The van der Waals surface area contributed by atoms with Gasteiger partial charge in [0.1, 0.15) is 5.82 Å². The molecule has 1 aromatic rings. The Morgan fingerprint density at radius 2 is 2.11 bits per heavy atom. The van der Waals surface area contributed by atoms with Gasteiger partial charge in [0.2, 0.25) is 0 Å². The van der Waals surface area contributed by atoms with Crippen molar-refractivity contribution in [3.63, 3.8) is 0 Å². The van der Waals surface area contributed by atoms with Crippen LogP contribution in [0.3, 0.4) is 0 Å². The number of hydrogen-bond donors (Lipinski definition) is 1. The first kappa shape index (κ1) is 14.8. The monoisotopic (exact) mass is 283 g/mol. The highest BCUT2D eigenvalue weighted by Gasteiger charge is 2.25. The van der Waals surface area contributed by atoms with Crippen molar-refractivity contribution in [2.24, 2.45) is 5.92 Å². The third kappa shape index (κ3) is 3.70. The molecule has 0 spiro atoms. The molecule has 1 N–H and O–H groups in total. The maximum Gasteiger partial charge on any atom is 0.141 e. The largest absolute Gasteiger partial charge is 0.307 e. The number of hydrogen-bond acceptors (Lipinski definition) is 1. The third-order valence-corrected chi connectivity index (χ3v) is 4.63. The third-order valence-electron chi connectivity index (χ3n) is 4.34. The Morgan fingerprint density at radius 3 is 2.79 bits per heavy atom. The molecular formula is C16H23ClFN. The molecule has 0 bridgehead atoms. The molecule has 3 heteroatoms. The van der Waals surface area contributed by atoms with Crippen LogP contribution in [-0.4, -0.2) is 6.04 Å². The van der Waals surface area contributed by atoms with Crippen molar-refractivity contribution in [1.29, 1.82) is 0 Å². The fourth-order valence-corrected chi connectivity index (χ4v) is 3.30. The lowest BCUT2D eigenvalue weighted by molar-refractivity contribution is 0.240. The van der Waals surface area contributed by atoms with E-state index in [1.54, 1.807) is 6.07 Å². The molecule has 1 nitrogen and oxygen atoms in total. The van der Waals surface area contributed by atoms with Crippen LogP contribution in [0.15, 0.2) is 18.2 Å². The Hall–Kier alpha value is -0.600. The van der Waals surface area contributed by atoms with E-state index in [-0.39, 0.29) is 16.9 Å². The molecule has 0 aromatic heterocycles. The summed E-state index contributed by atoms with van der Waals surface area (Å²) in [5.41, 5.74) is 1.06. The van der Waals surface area contributed by atoms with E-state index >= 15 is 0 Å². The molecule has 19 heavy (non-hydrogen) atoms. The molecular weight excluding hydrogens is 261 g/mol. The molecule has 0 amide bonds. The molecule has 3 atom stereocenters. The van der Waals surface area contributed by atoms with Gasteiger partial charge in [-0.15, -0.1) is 0 Å². The van der Waals surface area contributed by atoms with Crippen molar-refractivity contribution >= 4 is 11.6 Å². The molecule has 1 aliphatic carbocycles. The average Bonchev–Trinajstić information content (AvgIpc) is 2.42. The Morgan fingerprint density at radius 1 is 1.37 bits per heavy atom. The maximum atomic E-state index is 13.2. The summed E-state index contributed by atoms with van der Waals surface area (Å²) < 4.78 is 13.2. The normalized spacial score (nSPS) is 25.3. The van der Waals surface area contributed by atoms with Crippen LogP contribution in [0.5, 0.6) is 0 Å². The highest BCUT2D eigenvalue weighted by molar-refractivity contribution is 6.30. The number of rotatable bonds is 4. The van der Waals surface area contributed by atoms with Crippen molar-refractivity contribution < 1.29 is 4.39 Å². The van der Waals surface area contributed by atoms with Crippen LogP contribution in [0.2, 0.25) is 5.02 Å². The molecule has 1 saturated carbocycles. The molecule has 106 valence electrons. The van der Waals surface area contributed by atoms with E-state index < -0.39 is 0 Å². The minimum Gasteiger partial charge on any atom is -0.307 e. The second-order valence-corrected chi connectivity index (χ2v) is 6.03. The first-order chi connectivity index (χ1) is 9.11. The lowest BCUT2D eigenvalue weighted by Gasteiger charge is -2.34. The Balaban J connectivity index is 2.02. The van der Waals surface area contributed by atoms with Gasteiger partial charge in [0, 0.05) is 12.1 Å². The zero-order valence-corrected chi connectivity index (χ0v) is 12.5. The molecule has 2 rings (SSSR count). The van der Waals surface area contributed by atoms with Gasteiger partial charge in [0.25, 0.3) is 0 Å². The summed E-state index contributed by atoms with van der Waals surface area (Å²) in [4.78, 5) is 0. The van der Waals surface area contributed by atoms with E-state index in [4.69, 9.17) is 11.6 Å². The summed E-state index contributed by atoms with van der Waals surface area (Å²) in [5.74, 6) is 0.425. The van der Waals surface area contributed by atoms with Crippen molar-refractivity contribution in [3.8, 4) is 0 Å². The zero-order valence-electron chi connectivity index (χ0n) is 11.8. The lowest BCUT2D eigenvalue weighted by Crippen LogP contribution is -2.39. The predicted octanol–water partition coefficient (Wildman–Crippen LogP) is 5.10. The average molecular weight is 284 g/mol. The topological polar surface area (TPSA) is 12.0 Å². The summed E-state index contributed by atoms with van der Waals surface area (Å²) in [6.07, 6.45) is 6.47. The van der Waals surface area contributed by atoms with E-state index in [1.807, 2.05) is 6.07 Å². The number of benzene rings is 1. The van der Waals surface area contributed by atoms with Crippen molar-refractivity contribution in [2.45, 2.75) is 58.0 Å². The van der Waals surface area contributed by atoms with Gasteiger partial charge < -0.3 is 5.32 Å². The minimum absolute atomic E-state index is 0.210. The van der Waals surface area contributed by atoms with Crippen molar-refractivity contribution in [3.05, 3.63) is 34.6 Å². The Bertz CT molecular complexity index is 421. The van der Waals surface area contributed by atoms with Crippen LogP contribution in [0.25, 0.3) is 0 Å². The van der Waals surface area contributed by atoms with Crippen molar-refractivity contribution in [1.82, 2.24) is 5.32 Å². The highest BCUT2D eigenvalue weighted by atomic mass is 35.5. The van der Waals surface area contributed by atoms with Crippen LogP contribution < -0.4 is 5.32 Å². The van der Waals surface area contributed by atoms with E-state index in [0.717, 1.165) is 11.5 Å². The Kier molecular flexibility index (Phi) is 5.23. The molecule has 0 heterocycles. The molecule has 3 unspecified atom stereocenters. The molecule has 0 saturated heterocycles. The second-order valence-electron chi connectivity index (χ2n) is 5.62. The fraction of sp³-hybridized carbons (Fsp3) is 0.625. The van der Waals surface area contributed by atoms with E-state index in [0.29, 0.717) is 6.04 Å². The molecule has 0 radical (unpaired) electrons. The first-order valence-corrected chi connectivity index (χ1v) is 7.70. The van der Waals surface area contributed by atoms with Gasteiger partial charge >= 0.3 is 0 Å². The SMILES string of the molecule is CCC1CCCCC1NC(C)c1ccc(F)c(Cl)c1. The summed E-state index contributed by atoms with van der Waals surface area (Å²) >= 11 is 5.85.